The predicted octanol–water partition coefficient (Wildman–Crippen LogP) is 2.81. The van der Waals surface area contributed by atoms with E-state index < -0.39 is 11.9 Å². The molecule has 0 saturated carbocycles. The number of rotatable bonds is 4. The molecule has 0 fully saturated rings. The van der Waals surface area contributed by atoms with E-state index in [1.807, 2.05) is 35.7 Å². The van der Waals surface area contributed by atoms with Crippen LogP contribution in [0.3, 0.4) is 0 Å². The lowest BCUT2D eigenvalue weighted by atomic mass is 10.2. The van der Waals surface area contributed by atoms with Crippen LogP contribution < -0.4 is 5.32 Å². The Labute approximate surface area is 148 Å². The van der Waals surface area contributed by atoms with Gasteiger partial charge in [0.2, 0.25) is 0 Å². The molecule has 1 aromatic carbocycles. The second-order valence-corrected chi connectivity index (χ2v) is 5.92. The van der Waals surface area contributed by atoms with Crippen LogP contribution in [-0.4, -0.2) is 33.0 Å². The fourth-order valence-corrected chi connectivity index (χ4v) is 3.14. The first-order chi connectivity index (χ1) is 12.1. The van der Waals surface area contributed by atoms with Crippen LogP contribution in [0.25, 0.3) is 16.4 Å². The molecule has 0 radical (unpaired) electrons. The van der Waals surface area contributed by atoms with E-state index in [4.69, 9.17) is 4.74 Å². The normalized spacial score (nSPS) is 10.5. The number of amides is 1. The topological polar surface area (TPSA) is 86.1 Å². The van der Waals surface area contributed by atoms with E-state index in [-0.39, 0.29) is 6.61 Å². The van der Waals surface area contributed by atoms with Gasteiger partial charge in [0, 0.05) is 10.9 Å². The van der Waals surface area contributed by atoms with Gasteiger partial charge < -0.3 is 10.1 Å². The number of nitrogens with one attached hydrogen (secondary N) is 1. The number of carbonyl (C=O) groups is 2. The van der Waals surface area contributed by atoms with Crippen molar-refractivity contribution in [3.8, 4) is 16.4 Å². The third-order valence-electron chi connectivity index (χ3n) is 3.39. The number of ether oxygens (including phenoxy) is 1. The largest absolute Gasteiger partial charge is 0.459 e. The zero-order valence-electron chi connectivity index (χ0n) is 13.7. The minimum absolute atomic E-state index is 0.136. The molecule has 1 amide bonds. The number of hydrogen-bond acceptors (Lipinski definition) is 6. The Kier molecular flexibility index (Phi) is 4.90. The summed E-state index contributed by atoms with van der Waals surface area (Å²) in [6, 6.07) is 9.79. The van der Waals surface area contributed by atoms with Crippen LogP contribution in [-0.2, 0) is 14.3 Å². The first kappa shape index (κ1) is 16.8. The number of thiazole rings is 1. The smallest absolute Gasteiger partial charge is 0.397 e. The molecule has 3 rings (SSSR count). The monoisotopic (exact) mass is 356 g/mol. The maximum atomic E-state index is 11.9. The van der Waals surface area contributed by atoms with Crippen molar-refractivity contribution in [2.75, 3.05) is 11.9 Å². The molecular formula is C17H16N4O3S. The summed E-state index contributed by atoms with van der Waals surface area (Å²) in [6.45, 7) is 3.57. The molecule has 0 bridgehead atoms. The van der Waals surface area contributed by atoms with Gasteiger partial charge in [-0.15, -0.1) is 11.3 Å². The highest BCUT2D eigenvalue weighted by molar-refractivity contribution is 7.12. The Morgan fingerprint density at radius 3 is 2.76 bits per heavy atom. The van der Waals surface area contributed by atoms with E-state index in [1.54, 1.807) is 18.4 Å². The molecule has 0 aliphatic rings. The van der Waals surface area contributed by atoms with Crippen molar-refractivity contribution in [3.05, 3.63) is 47.7 Å². The van der Waals surface area contributed by atoms with Crippen molar-refractivity contribution in [3.63, 3.8) is 0 Å². The molecule has 25 heavy (non-hydrogen) atoms. The first-order valence-corrected chi connectivity index (χ1v) is 8.52. The highest BCUT2D eigenvalue weighted by Gasteiger charge is 2.19. The fourth-order valence-electron chi connectivity index (χ4n) is 2.25. The molecule has 0 unspecified atom stereocenters. The second-order valence-electron chi connectivity index (χ2n) is 5.08. The average Bonchev–Trinajstić information content (AvgIpc) is 3.23. The highest BCUT2D eigenvalue weighted by Crippen LogP contribution is 2.27. The number of anilines is 1. The minimum atomic E-state index is -0.933. The Morgan fingerprint density at radius 2 is 2.04 bits per heavy atom. The van der Waals surface area contributed by atoms with Gasteiger partial charge in [0.1, 0.15) is 11.6 Å². The Balaban J connectivity index is 1.89. The fraction of sp³-hybridized carbons (Fsp3) is 0.176. The summed E-state index contributed by atoms with van der Waals surface area (Å²) in [5, 5.41) is 5.10. The first-order valence-electron chi connectivity index (χ1n) is 7.64. The number of aromatic nitrogens is 3. The molecule has 0 atom stereocenters. The van der Waals surface area contributed by atoms with Gasteiger partial charge in [-0.25, -0.2) is 14.8 Å². The van der Waals surface area contributed by atoms with Crippen molar-refractivity contribution in [1.29, 1.82) is 0 Å². The van der Waals surface area contributed by atoms with Crippen LogP contribution in [0.4, 0.5) is 5.82 Å². The molecule has 0 aliphatic carbocycles. The van der Waals surface area contributed by atoms with Crippen molar-refractivity contribution in [2.24, 2.45) is 0 Å². The summed E-state index contributed by atoms with van der Waals surface area (Å²) in [4.78, 5) is 32.2. The lowest BCUT2D eigenvalue weighted by molar-refractivity contribution is -0.152. The van der Waals surface area contributed by atoms with Crippen LogP contribution in [0.1, 0.15) is 12.7 Å². The van der Waals surface area contributed by atoms with Crippen molar-refractivity contribution < 1.29 is 14.3 Å². The van der Waals surface area contributed by atoms with Gasteiger partial charge in [0.25, 0.3) is 0 Å². The molecule has 1 N–H and O–H groups in total. The molecule has 0 saturated heterocycles. The number of benzene rings is 1. The maximum Gasteiger partial charge on any atom is 0.397 e. The van der Waals surface area contributed by atoms with Gasteiger partial charge >= 0.3 is 11.9 Å². The van der Waals surface area contributed by atoms with Gasteiger partial charge in [-0.3, -0.25) is 9.36 Å². The zero-order valence-corrected chi connectivity index (χ0v) is 14.5. The molecule has 0 spiro atoms. The molecule has 8 heteroatoms. The van der Waals surface area contributed by atoms with Crippen LogP contribution >= 0.6 is 11.3 Å². The quantitative estimate of drug-likeness (QED) is 0.574. The lowest BCUT2D eigenvalue weighted by Gasteiger charge is -2.08. The molecule has 0 aliphatic heterocycles. The van der Waals surface area contributed by atoms with Gasteiger partial charge in [-0.05, 0) is 13.8 Å². The summed E-state index contributed by atoms with van der Waals surface area (Å²) >= 11 is 1.42. The van der Waals surface area contributed by atoms with E-state index in [1.165, 1.54) is 17.5 Å². The van der Waals surface area contributed by atoms with Gasteiger partial charge in [-0.2, -0.15) is 0 Å². The number of imidazole rings is 1. The van der Waals surface area contributed by atoms with E-state index in [0.717, 1.165) is 11.3 Å². The molecular weight excluding hydrogens is 340 g/mol. The predicted molar refractivity (Wildman–Crippen MR) is 94.7 cm³/mol. The number of carbonyl (C=O) groups excluding carboxylic acids is 2. The maximum absolute atomic E-state index is 11.9. The molecule has 128 valence electrons. The summed E-state index contributed by atoms with van der Waals surface area (Å²) in [5.41, 5.74) is 1.83. The third kappa shape index (κ3) is 3.58. The Morgan fingerprint density at radius 1 is 1.28 bits per heavy atom. The van der Waals surface area contributed by atoms with Crippen LogP contribution in [0.2, 0.25) is 0 Å². The highest BCUT2D eigenvalue weighted by atomic mass is 32.1. The van der Waals surface area contributed by atoms with E-state index in [9.17, 15) is 9.59 Å². The SMILES string of the molecule is CCOC(=O)C(=O)Nc1cnc(C)n1-c1nc(-c2ccccc2)cs1. The minimum Gasteiger partial charge on any atom is -0.459 e. The summed E-state index contributed by atoms with van der Waals surface area (Å²) in [7, 11) is 0. The molecule has 2 aromatic heterocycles. The van der Waals surface area contributed by atoms with Crippen molar-refractivity contribution in [2.45, 2.75) is 13.8 Å². The Bertz CT molecular complexity index is 902. The van der Waals surface area contributed by atoms with Crippen LogP contribution in [0, 0.1) is 6.92 Å². The molecule has 2 heterocycles. The average molecular weight is 356 g/mol. The number of aryl methyl sites for hydroxylation is 1. The lowest BCUT2D eigenvalue weighted by Crippen LogP contribution is -2.26. The zero-order chi connectivity index (χ0) is 17.8. The van der Waals surface area contributed by atoms with Crippen LogP contribution in [0.15, 0.2) is 41.9 Å². The number of hydrogen-bond donors (Lipinski definition) is 1. The molecule has 3 aromatic rings. The molecule has 7 nitrogen and oxygen atoms in total. The number of esters is 1. The summed E-state index contributed by atoms with van der Waals surface area (Å²) < 4.78 is 6.39. The summed E-state index contributed by atoms with van der Waals surface area (Å²) in [6.07, 6.45) is 1.48. The van der Waals surface area contributed by atoms with E-state index in [2.05, 4.69) is 15.3 Å². The van der Waals surface area contributed by atoms with Crippen molar-refractivity contribution >= 4 is 29.0 Å². The van der Waals surface area contributed by atoms with E-state index >= 15 is 0 Å². The Hall–Kier alpha value is -3.00. The van der Waals surface area contributed by atoms with Gasteiger partial charge in [-0.1, -0.05) is 30.3 Å². The standard InChI is InChI=1S/C17H16N4O3S/c1-3-24-16(23)15(22)20-14-9-18-11(2)21(14)17-19-13(10-25-17)12-7-5-4-6-8-12/h4-10H,3H2,1-2H3,(H,20,22). The van der Waals surface area contributed by atoms with Crippen LogP contribution in [0.5, 0.6) is 0 Å². The van der Waals surface area contributed by atoms with Crippen molar-refractivity contribution in [1.82, 2.24) is 14.5 Å². The summed E-state index contributed by atoms with van der Waals surface area (Å²) in [5.74, 6) is -0.766. The van der Waals surface area contributed by atoms with E-state index in [0.29, 0.717) is 16.8 Å². The van der Waals surface area contributed by atoms with Gasteiger partial charge in [0.05, 0.1) is 18.5 Å². The third-order valence-corrected chi connectivity index (χ3v) is 4.22. The van der Waals surface area contributed by atoms with Gasteiger partial charge in [0.15, 0.2) is 5.13 Å². The number of nitrogens with zero attached hydrogens (tertiary/aromatic N) is 3. The second kappa shape index (κ2) is 7.27.